The first-order valence-corrected chi connectivity index (χ1v) is 11.9. The Balaban J connectivity index is 1.14. The Kier molecular flexibility index (Phi) is 6.29. The molecule has 3 heterocycles. The monoisotopic (exact) mass is 429 g/mol. The van der Waals surface area contributed by atoms with Gasteiger partial charge >= 0.3 is 0 Å². The second kappa shape index (κ2) is 9.09. The van der Waals surface area contributed by atoms with Crippen LogP contribution in [-0.2, 0) is 10.0 Å². The Hall–Kier alpha value is -2.52. The highest BCUT2D eigenvalue weighted by Crippen LogP contribution is 2.30. The highest BCUT2D eigenvalue weighted by atomic mass is 32.2. The van der Waals surface area contributed by atoms with Crippen LogP contribution < -0.4 is 4.90 Å². The second-order valence-corrected chi connectivity index (χ2v) is 9.50. The number of anilines is 1. The molecule has 9 heteroatoms. The molecule has 0 aliphatic carbocycles. The van der Waals surface area contributed by atoms with E-state index in [9.17, 15) is 13.2 Å². The zero-order valence-corrected chi connectivity index (χ0v) is 17.8. The number of piperazine rings is 1. The lowest BCUT2D eigenvalue weighted by molar-refractivity contribution is 0.0869. The van der Waals surface area contributed by atoms with E-state index in [2.05, 4.69) is 19.8 Å². The highest BCUT2D eigenvalue weighted by molar-refractivity contribution is 7.90. The van der Waals surface area contributed by atoms with Crippen LogP contribution in [0.2, 0.25) is 0 Å². The molecule has 8 nitrogen and oxygen atoms in total. The summed E-state index contributed by atoms with van der Waals surface area (Å²) in [5, 5.41) is 0. The van der Waals surface area contributed by atoms with Crippen LogP contribution in [0.5, 0.6) is 0 Å². The smallest absolute Gasteiger partial charge is 0.269 e. The lowest BCUT2D eigenvalue weighted by Gasteiger charge is -2.34. The summed E-state index contributed by atoms with van der Waals surface area (Å²) in [5.74, 6) is 0.400. The van der Waals surface area contributed by atoms with Crippen LogP contribution in [0.25, 0.3) is 0 Å². The molecule has 0 unspecified atom stereocenters. The second-order valence-electron chi connectivity index (χ2n) is 7.67. The summed E-state index contributed by atoms with van der Waals surface area (Å²) in [4.78, 5) is 25.8. The van der Waals surface area contributed by atoms with Gasteiger partial charge in [0.1, 0.15) is 4.90 Å². The van der Waals surface area contributed by atoms with Crippen LogP contribution in [0.3, 0.4) is 0 Å². The van der Waals surface area contributed by atoms with Gasteiger partial charge in [0.05, 0.1) is 5.56 Å². The number of rotatable bonds is 8. The summed E-state index contributed by atoms with van der Waals surface area (Å²) < 4.78 is 26.1. The fraction of sp³-hybridized carbons (Fsp3) is 0.476. The minimum atomic E-state index is -3.67. The molecule has 1 aromatic carbocycles. The maximum Gasteiger partial charge on any atom is 0.269 e. The standard InChI is InChI=1S/C21H27N5O3S/c27-20-18-8-3-4-9-19(18)30(28,29)26(20)13-6-2-1-5-12-24-14-16-25(17-15-24)21-22-10-7-11-23-21/h3-4,7-11H,1-2,5-6,12-17H2. The van der Waals surface area contributed by atoms with Gasteiger partial charge in [-0.05, 0) is 37.6 Å². The van der Waals surface area contributed by atoms with E-state index in [1.165, 1.54) is 6.07 Å². The third-order valence-electron chi connectivity index (χ3n) is 5.70. The Labute approximate surface area is 177 Å². The van der Waals surface area contributed by atoms with Gasteiger partial charge in [-0.2, -0.15) is 0 Å². The number of unbranched alkanes of at least 4 members (excludes halogenated alkanes) is 3. The van der Waals surface area contributed by atoms with Crippen molar-refractivity contribution in [2.45, 2.75) is 30.6 Å². The van der Waals surface area contributed by atoms with Gasteiger partial charge in [0.2, 0.25) is 5.95 Å². The van der Waals surface area contributed by atoms with E-state index in [0.717, 1.165) is 62.2 Å². The zero-order chi connectivity index (χ0) is 21.0. The van der Waals surface area contributed by atoms with Crippen molar-refractivity contribution in [3.8, 4) is 0 Å². The number of fused-ring (bicyclic) bond motifs is 1. The first kappa shape index (κ1) is 20.7. The first-order valence-electron chi connectivity index (χ1n) is 10.5. The molecule has 4 rings (SSSR count). The van der Waals surface area contributed by atoms with E-state index in [1.807, 2.05) is 6.07 Å². The van der Waals surface area contributed by atoms with E-state index < -0.39 is 15.9 Å². The predicted molar refractivity (Wildman–Crippen MR) is 114 cm³/mol. The quantitative estimate of drug-likeness (QED) is 0.593. The van der Waals surface area contributed by atoms with E-state index in [0.29, 0.717) is 6.42 Å². The minimum absolute atomic E-state index is 0.134. The molecule has 0 saturated carbocycles. The van der Waals surface area contributed by atoms with Gasteiger partial charge in [0.15, 0.2) is 0 Å². The van der Waals surface area contributed by atoms with Crippen LogP contribution in [0.4, 0.5) is 5.95 Å². The summed E-state index contributed by atoms with van der Waals surface area (Å²) in [6, 6.07) is 8.26. The van der Waals surface area contributed by atoms with Gasteiger partial charge < -0.3 is 4.90 Å². The van der Waals surface area contributed by atoms with E-state index in [-0.39, 0.29) is 17.0 Å². The average molecular weight is 430 g/mol. The molecule has 1 aromatic heterocycles. The number of hydrogen-bond acceptors (Lipinski definition) is 7. The third kappa shape index (κ3) is 4.32. The van der Waals surface area contributed by atoms with Crippen LogP contribution >= 0.6 is 0 Å². The summed E-state index contributed by atoms with van der Waals surface area (Å²) >= 11 is 0. The van der Waals surface area contributed by atoms with Crippen molar-refractivity contribution in [2.24, 2.45) is 0 Å². The fourth-order valence-corrected chi connectivity index (χ4v) is 5.63. The molecule has 1 amide bonds. The molecule has 30 heavy (non-hydrogen) atoms. The molecular formula is C21H27N5O3S. The van der Waals surface area contributed by atoms with Crippen molar-refractivity contribution in [1.82, 2.24) is 19.2 Å². The molecule has 1 fully saturated rings. The third-order valence-corrected chi connectivity index (χ3v) is 7.55. The van der Waals surface area contributed by atoms with Crippen LogP contribution in [0, 0.1) is 0 Å². The van der Waals surface area contributed by atoms with Crippen molar-refractivity contribution in [3.05, 3.63) is 48.3 Å². The van der Waals surface area contributed by atoms with Gasteiger partial charge in [-0.15, -0.1) is 0 Å². The summed E-state index contributed by atoms with van der Waals surface area (Å²) in [7, 11) is -3.67. The molecule has 2 aliphatic heterocycles. The number of amides is 1. The topological polar surface area (TPSA) is 86.7 Å². The average Bonchev–Trinajstić information content (AvgIpc) is 2.97. The summed E-state index contributed by atoms with van der Waals surface area (Å²) in [6.07, 6.45) is 7.24. The van der Waals surface area contributed by atoms with Crippen LogP contribution in [-0.4, -0.2) is 72.8 Å². The number of benzene rings is 1. The van der Waals surface area contributed by atoms with Gasteiger partial charge in [0.25, 0.3) is 15.9 Å². The highest BCUT2D eigenvalue weighted by Gasteiger charge is 2.40. The number of carbonyl (C=O) groups excluding carboxylic acids is 1. The molecular weight excluding hydrogens is 402 g/mol. The van der Waals surface area contributed by atoms with Crippen LogP contribution in [0.15, 0.2) is 47.6 Å². The van der Waals surface area contributed by atoms with E-state index >= 15 is 0 Å². The summed E-state index contributed by atoms with van der Waals surface area (Å²) in [5.41, 5.74) is 0.289. The number of sulfonamides is 1. The Morgan fingerprint density at radius 2 is 1.50 bits per heavy atom. The number of nitrogens with zero attached hydrogens (tertiary/aromatic N) is 5. The zero-order valence-electron chi connectivity index (χ0n) is 17.0. The van der Waals surface area contributed by atoms with E-state index in [4.69, 9.17) is 0 Å². The SMILES string of the molecule is O=C1c2ccccc2S(=O)(=O)N1CCCCCCN1CCN(c2ncccn2)CC1. The van der Waals surface area contributed by atoms with Gasteiger partial charge in [-0.1, -0.05) is 25.0 Å². The number of aromatic nitrogens is 2. The van der Waals surface area contributed by atoms with Crippen molar-refractivity contribution >= 4 is 21.9 Å². The molecule has 1 saturated heterocycles. The Morgan fingerprint density at radius 3 is 2.20 bits per heavy atom. The van der Waals surface area contributed by atoms with E-state index in [1.54, 1.807) is 30.6 Å². The Morgan fingerprint density at radius 1 is 0.833 bits per heavy atom. The summed E-state index contributed by atoms with van der Waals surface area (Å²) in [6.45, 7) is 5.15. The Bertz CT molecular complexity index is 975. The maximum absolute atomic E-state index is 12.5. The first-order chi connectivity index (χ1) is 14.6. The predicted octanol–water partition coefficient (Wildman–Crippen LogP) is 2.00. The van der Waals surface area contributed by atoms with Crippen molar-refractivity contribution < 1.29 is 13.2 Å². The molecule has 0 spiro atoms. The maximum atomic E-state index is 12.5. The molecule has 160 valence electrons. The number of hydrogen-bond donors (Lipinski definition) is 0. The lowest BCUT2D eigenvalue weighted by Crippen LogP contribution is -2.47. The minimum Gasteiger partial charge on any atom is -0.338 e. The largest absolute Gasteiger partial charge is 0.338 e. The van der Waals surface area contributed by atoms with Gasteiger partial charge in [-0.3, -0.25) is 9.69 Å². The molecule has 0 N–H and O–H groups in total. The molecule has 2 aliphatic rings. The molecule has 0 bridgehead atoms. The number of carbonyl (C=O) groups is 1. The molecule has 0 atom stereocenters. The van der Waals surface area contributed by atoms with Crippen molar-refractivity contribution in [3.63, 3.8) is 0 Å². The van der Waals surface area contributed by atoms with Crippen molar-refractivity contribution in [2.75, 3.05) is 44.2 Å². The van der Waals surface area contributed by atoms with Crippen molar-refractivity contribution in [1.29, 1.82) is 0 Å². The molecule has 0 radical (unpaired) electrons. The van der Waals surface area contributed by atoms with Crippen LogP contribution in [0.1, 0.15) is 36.0 Å². The van der Waals surface area contributed by atoms with Gasteiger partial charge in [0, 0.05) is 45.1 Å². The fourth-order valence-electron chi connectivity index (χ4n) is 4.02. The normalized spacial score (nSPS) is 18.6. The lowest BCUT2D eigenvalue weighted by atomic mass is 10.1. The molecule has 2 aromatic rings. The van der Waals surface area contributed by atoms with Gasteiger partial charge in [-0.25, -0.2) is 22.7 Å².